The molecule has 126 valence electrons. The van der Waals surface area contributed by atoms with Gasteiger partial charge in [0.2, 0.25) is 16.0 Å². The predicted octanol–water partition coefficient (Wildman–Crippen LogP) is 1.16. The van der Waals surface area contributed by atoms with Crippen molar-refractivity contribution in [3.63, 3.8) is 0 Å². The van der Waals surface area contributed by atoms with Crippen LogP contribution in [0.5, 0.6) is 0 Å². The lowest BCUT2D eigenvalue weighted by molar-refractivity contribution is 0.230. The average Bonchev–Trinajstić information content (AvgIpc) is 2.95. The number of nitrogens with zero attached hydrogens (tertiary/aromatic N) is 5. The fraction of sp³-hybridized carbons (Fsp3) is 0.438. The largest absolute Gasteiger partial charge is 0.339 e. The molecule has 0 saturated carbocycles. The number of rotatable bonds is 3. The number of aromatic nitrogens is 3. The number of hydrogen-bond donors (Lipinski definition) is 0. The standard InChI is InChI=1S/C16H19N5O2S/c22-24(23,15-3-1-6-17-9-15)21-11-13-4-5-14(21)12-20(10-13)16-18-7-2-8-19-16/h1-3,6-9,13-14H,4-5,10-12H2/t13-,14+/m0/s1. The highest BCUT2D eigenvalue weighted by atomic mass is 32.2. The normalized spacial score (nSPS) is 24.8. The number of fused-ring (bicyclic) bond motifs is 4. The molecule has 5 rings (SSSR count). The second-order valence-corrected chi connectivity index (χ2v) is 8.20. The van der Waals surface area contributed by atoms with E-state index < -0.39 is 10.0 Å². The maximum atomic E-state index is 13.0. The van der Waals surface area contributed by atoms with Crippen LogP contribution in [0.2, 0.25) is 0 Å². The molecule has 2 atom stereocenters. The Morgan fingerprint density at radius 1 is 1.00 bits per heavy atom. The zero-order valence-corrected chi connectivity index (χ0v) is 14.0. The van der Waals surface area contributed by atoms with Crippen molar-refractivity contribution in [3.05, 3.63) is 43.0 Å². The highest BCUT2D eigenvalue weighted by Crippen LogP contribution is 2.33. The molecular weight excluding hydrogens is 326 g/mol. The summed E-state index contributed by atoms with van der Waals surface area (Å²) in [6.07, 6.45) is 8.35. The molecule has 0 unspecified atom stereocenters. The molecule has 7 nitrogen and oxygen atoms in total. The molecule has 0 spiro atoms. The van der Waals surface area contributed by atoms with Gasteiger partial charge in [-0.3, -0.25) is 4.98 Å². The molecule has 0 amide bonds. The zero-order valence-electron chi connectivity index (χ0n) is 13.2. The first-order valence-electron chi connectivity index (χ1n) is 8.08. The van der Waals surface area contributed by atoms with Gasteiger partial charge in [0.05, 0.1) is 0 Å². The summed E-state index contributed by atoms with van der Waals surface area (Å²) in [4.78, 5) is 15.0. The summed E-state index contributed by atoms with van der Waals surface area (Å²) in [7, 11) is -3.52. The molecule has 5 heterocycles. The van der Waals surface area contributed by atoms with Crippen LogP contribution >= 0.6 is 0 Å². The van der Waals surface area contributed by atoms with Gasteiger partial charge in [0.1, 0.15) is 4.90 Å². The van der Waals surface area contributed by atoms with Crippen LogP contribution in [0.4, 0.5) is 5.95 Å². The molecule has 3 saturated heterocycles. The Balaban J connectivity index is 1.64. The fourth-order valence-corrected chi connectivity index (χ4v) is 5.27. The lowest BCUT2D eigenvalue weighted by atomic mass is 9.97. The Bertz CT molecular complexity index is 800. The Labute approximate surface area is 141 Å². The third-order valence-corrected chi connectivity index (χ3v) is 6.64. The Hall–Kier alpha value is -2.06. The molecule has 2 aromatic rings. The maximum Gasteiger partial charge on any atom is 0.244 e. The van der Waals surface area contributed by atoms with Gasteiger partial charge in [0.25, 0.3) is 0 Å². The van der Waals surface area contributed by atoms with Gasteiger partial charge in [-0.15, -0.1) is 0 Å². The van der Waals surface area contributed by atoms with Crippen LogP contribution in [0.15, 0.2) is 47.9 Å². The van der Waals surface area contributed by atoms with E-state index in [1.54, 1.807) is 41.1 Å². The van der Waals surface area contributed by atoms with E-state index in [0.717, 1.165) is 19.4 Å². The van der Waals surface area contributed by atoms with E-state index in [2.05, 4.69) is 19.9 Å². The average molecular weight is 345 g/mol. The van der Waals surface area contributed by atoms with Crippen molar-refractivity contribution in [1.82, 2.24) is 19.3 Å². The lowest BCUT2D eigenvalue weighted by Gasteiger charge is -2.34. The number of sulfonamides is 1. The van der Waals surface area contributed by atoms with Crippen molar-refractivity contribution in [1.29, 1.82) is 0 Å². The highest BCUT2D eigenvalue weighted by Gasteiger charge is 2.41. The molecule has 3 fully saturated rings. The monoisotopic (exact) mass is 345 g/mol. The Kier molecular flexibility index (Phi) is 3.93. The van der Waals surface area contributed by atoms with E-state index in [4.69, 9.17) is 0 Å². The predicted molar refractivity (Wildman–Crippen MR) is 88.9 cm³/mol. The molecule has 2 aromatic heterocycles. The van der Waals surface area contributed by atoms with Crippen LogP contribution in [0.25, 0.3) is 0 Å². The first kappa shape index (κ1) is 15.5. The number of piperidine rings is 1. The lowest BCUT2D eigenvalue weighted by Crippen LogP contribution is -2.47. The van der Waals surface area contributed by atoms with Crippen molar-refractivity contribution in [2.75, 3.05) is 24.5 Å². The zero-order chi connectivity index (χ0) is 16.6. The summed E-state index contributed by atoms with van der Waals surface area (Å²) in [5, 5.41) is 0. The van der Waals surface area contributed by atoms with Gasteiger partial charge in [0.15, 0.2) is 0 Å². The minimum absolute atomic E-state index is 0.0576. The topological polar surface area (TPSA) is 79.3 Å². The van der Waals surface area contributed by atoms with Gasteiger partial charge in [0, 0.05) is 50.5 Å². The minimum atomic E-state index is -3.52. The molecule has 24 heavy (non-hydrogen) atoms. The summed E-state index contributed by atoms with van der Waals surface area (Å²) in [5.41, 5.74) is 0. The van der Waals surface area contributed by atoms with Crippen molar-refractivity contribution < 1.29 is 8.42 Å². The van der Waals surface area contributed by atoms with E-state index in [9.17, 15) is 8.42 Å². The van der Waals surface area contributed by atoms with E-state index in [1.807, 2.05) is 0 Å². The maximum absolute atomic E-state index is 13.0. The molecule has 0 N–H and O–H groups in total. The summed E-state index contributed by atoms with van der Waals surface area (Å²) < 4.78 is 27.7. The fourth-order valence-electron chi connectivity index (χ4n) is 3.59. The summed E-state index contributed by atoms with van der Waals surface area (Å²) in [5.74, 6) is 0.967. The van der Waals surface area contributed by atoms with Crippen molar-refractivity contribution >= 4 is 16.0 Å². The van der Waals surface area contributed by atoms with Crippen LogP contribution in [-0.2, 0) is 10.0 Å². The van der Waals surface area contributed by atoms with Crippen LogP contribution < -0.4 is 4.90 Å². The van der Waals surface area contributed by atoms with Gasteiger partial charge < -0.3 is 4.90 Å². The molecule has 0 aromatic carbocycles. The molecule has 3 aliphatic heterocycles. The molecule has 2 bridgehead atoms. The quantitative estimate of drug-likeness (QED) is 0.831. The van der Waals surface area contributed by atoms with Crippen LogP contribution in [0, 0.1) is 5.92 Å². The van der Waals surface area contributed by atoms with Gasteiger partial charge in [-0.25, -0.2) is 18.4 Å². The molecule has 3 aliphatic rings. The van der Waals surface area contributed by atoms with Crippen LogP contribution in [-0.4, -0.2) is 53.4 Å². The third-order valence-electron chi connectivity index (χ3n) is 4.74. The van der Waals surface area contributed by atoms with Gasteiger partial charge in [-0.2, -0.15) is 4.31 Å². The van der Waals surface area contributed by atoms with Crippen molar-refractivity contribution in [3.8, 4) is 0 Å². The first-order valence-corrected chi connectivity index (χ1v) is 9.52. The van der Waals surface area contributed by atoms with E-state index in [1.165, 1.54) is 6.20 Å². The van der Waals surface area contributed by atoms with Gasteiger partial charge in [-0.1, -0.05) is 0 Å². The second kappa shape index (κ2) is 6.10. The number of hydrogen-bond acceptors (Lipinski definition) is 6. The number of pyridine rings is 1. The molecule has 0 radical (unpaired) electrons. The summed E-state index contributed by atoms with van der Waals surface area (Å²) in [6, 6.07) is 5.00. The molecule has 8 heteroatoms. The molecule has 0 aliphatic carbocycles. The number of anilines is 1. The van der Waals surface area contributed by atoms with E-state index in [0.29, 0.717) is 25.0 Å². The molecular formula is C16H19N5O2S. The van der Waals surface area contributed by atoms with Crippen molar-refractivity contribution in [2.45, 2.75) is 23.8 Å². The third kappa shape index (κ3) is 2.76. The first-order chi connectivity index (χ1) is 11.6. The second-order valence-electron chi connectivity index (χ2n) is 6.31. The Morgan fingerprint density at radius 2 is 1.83 bits per heavy atom. The van der Waals surface area contributed by atoms with E-state index in [-0.39, 0.29) is 10.9 Å². The van der Waals surface area contributed by atoms with Crippen LogP contribution in [0.1, 0.15) is 12.8 Å². The SMILES string of the molecule is O=S(=O)(c1cccnc1)N1C[C@H]2CC[C@@H]1CN(c1ncccn1)C2. The minimum Gasteiger partial charge on any atom is -0.339 e. The summed E-state index contributed by atoms with van der Waals surface area (Å²) >= 11 is 0. The summed E-state index contributed by atoms with van der Waals surface area (Å²) in [6.45, 7) is 1.96. The smallest absolute Gasteiger partial charge is 0.244 e. The van der Waals surface area contributed by atoms with Gasteiger partial charge in [-0.05, 0) is 37.0 Å². The van der Waals surface area contributed by atoms with E-state index >= 15 is 0 Å². The Morgan fingerprint density at radius 3 is 2.58 bits per heavy atom. The van der Waals surface area contributed by atoms with Gasteiger partial charge >= 0.3 is 0 Å². The van der Waals surface area contributed by atoms with Crippen molar-refractivity contribution in [2.24, 2.45) is 5.92 Å². The highest BCUT2D eigenvalue weighted by molar-refractivity contribution is 7.89. The van der Waals surface area contributed by atoms with Crippen LogP contribution in [0.3, 0.4) is 0 Å².